The summed E-state index contributed by atoms with van der Waals surface area (Å²) in [5, 5.41) is 18.9. The van der Waals surface area contributed by atoms with Gasteiger partial charge in [0.1, 0.15) is 0 Å². The fourth-order valence-corrected chi connectivity index (χ4v) is 2.65. The summed E-state index contributed by atoms with van der Waals surface area (Å²) >= 11 is 6.14. The lowest BCUT2D eigenvalue weighted by molar-refractivity contribution is -0.136. The molecule has 0 aliphatic heterocycles. The van der Waals surface area contributed by atoms with Crippen molar-refractivity contribution in [3.63, 3.8) is 0 Å². The molecule has 0 aliphatic rings. The lowest BCUT2D eigenvalue weighted by Gasteiger charge is -2.17. The number of aliphatic hydroxyl groups is 1. The van der Waals surface area contributed by atoms with E-state index in [1.165, 1.54) is 0 Å². The number of pyridine rings is 1. The Morgan fingerprint density at radius 3 is 2.70 bits per heavy atom. The van der Waals surface area contributed by atoms with Crippen molar-refractivity contribution in [3.05, 3.63) is 44.7 Å². The maximum Gasteiger partial charge on any atom is 0.308 e. The van der Waals surface area contributed by atoms with Crippen LogP contribution in [0.1, 0.15) is 11.3 Å². The highest BCUT2D eigenvalue weighted by molar-refractivity contribution is 6.35. The van der Waals surface area contributed by atoms with Gasteiger partial charge in [0.15, 0.2) is 5.43 Å². The number of benzene rings is 1. The maximum absolute atomic E-state index is 12.4. The molecule has 20 heavy (non-hydrogen) atoms. The Labute approximate surface area is 120 Å². The molecular formula is C14H14ClNO4. The second kappa shape index (κ2) is 5.64. The van der Waals surface area contributed by atoms with Gasteiger partial charge in [0.25, 0.3) is 0 Å². The number of fused-ring (bicyclic) bond motifs is 1. The monoisotopic (exact) mass is 295 g/mol. The number of halogens is 1. The third-order valence-electron chi connectivity index (χ3n) is 3.27. The van der Waals surface area contributed by atoms with E-state index in [1.807, 2.05) is 0 Å². The molecule has 6 heteroatoms. The third kappa shape index (κ3) is 2.42. The van der Waals surface area contributed by atoms with E-state index in [0.717, 1.165) is 0 Å². The summed E-state index contributed by atoms with van der Waals surface area (Å²) < 4.78 is 1.69. The molecule has 0 unspecified atom stereocenters. The van der Waals surface area contributed by atoms with Crippen molar-refractivity contribution >= 4 is 28.5 Å². The molecule has 0 spiro atoms. The van der Waals surface area contributed by atoms with Crippen molar-refractivity contribution in [2.45, 2.75) is 19.9 Å². The summed E-state index contributed by atoms with van der Waals surface area (Å²) in [4.78, 5) is 23.3. The molecule has 0 aliphatic carbocycles. The molecule has 0 fully saturated rings. The van der Waals surface area contributed by atoms with Crippen LogP contribution < -0.4 is 5.43 Å². The van der Waals surface area contributed by atoms with Gasteiger partial charge in [-0.05, 0) is 19.1 Å². The first kappa shape index (κ1) is 14.6. The molecule has 106 valence electrons. The summed E-state index contributed by atoms with van der Waals surface area (Å²) in [5.74, 6) is -1.07. The van der Waals surface area contributed by atoms with Crippen molar-refractivity contribution in [2.75, 3.05) is 6.61 Å². The standard InChI is InChI=1S/C14H14ClNO4/c1-8-10(7-12(18)19)14(20)9-3-2-4-11(15)13(9)16(8)5-6-17/h2-4,17H,5-7H2,1H3,(H,18,19). The fraction of sp³-hybridized carbons (Fsp3) is 0.286. The fourth-order valence-electron chi connectivity index (χ4n) is 2.37. The minimum atomic E-state index is -1.07. The van der Waals surface area contributed by atoms with Gasteiger partial charge in [-0.2, -0.15) is 0 Å². The van der Waals surface area contributed by atoms with E-state index in [0.29, 0.717) is 21.6 Å². The van der Waals surface area contributed by atoms with Crippen LogP contribution in [0.2, 0.25) is 5.02 Å². The van der Waals surface area contributed by atoms with E-state index in [-0.39, 0.29) is 30.6 Å². The van der Waals surface area contributed by atoms with Crippen molar-refractivity contribution in [3.8, 4) is 0 Å². The van der Waals surface area contributed by atoms with Gasteiger partial charge in [0.2, 0.25) is 0 Å². The smallest absolute Gasteiger partial charge is 0.308 e. The molecule has 1 aromatic heterocycles. The Kier molecular flexibility index (Phi) is 4.11. The van der Waals surface area contributed by atoms with Crippen LogP contribution in [0.3, 0.4) is 0 Å². The Bertz CT molecular complexity index is 736. The molecule has 0 radical (unpaired) electrons. The quantitative estimate of drug-likeness (QED) is 0.897. The second-order valence-electron chi connectivity index (χ2n) is 4.47. The Balaban J connectivity index is 2.90. The highest BCUT2D eigenvalue weighted by Gasteiger charge is 2.17. The number of carboxylic acid groups (broad SMARTS) is 1. The van der Waals surface area contributed by atoms with Gasteiger partial charge in [-0.15, -0.1) is 0 Å². The topological polar surface area (TPSA) is 79.5 Å². The number of hydrogen-bond acceptors (Lipinski definition) is 3. The number of hydrogen-bond donors (Lipinski definition) is 2. The van der Waals surface area contributed by atoms with Crippen molar-refractivity contribution in [1.29, 1.82) is 0 Å². The van der Waals surface area contributed by atoms with Crippen LogP contribution in [-0.2, 0) is 17.8 Å². The summed E-state index contributed by atoms with van der Waals surface area (Å²) in [7, 11) is 0. The molecule has 0 atom stereocenters. The molecule has 2 rings (SSSR count). The van der Waals surface area contributed by atoms with E-state index in [4.69, 9.17) is 16.7 Å². The molecule has 2 N–H and O–H groups in total. The Morgan fingerprint density at radius 2 is 2.10 bits per heavy atom. The zero-order valence-electron chi connectivity index (χ0n) is 10.9. The number of aliphatic hydroxyl groups excluding tert-OH is 1. The first-order valence-electron chi connectivity index (χ1n) is 6.10. The second-order valence-corrected chi connectivity index (χ2v) is 4.88. The van der Waals surface area contributed by atoms with Gasteiger partial charge in [0, 0.05) is 23.2 Å². The number of carbonyl (C=O) groups is 1. The predicted molar refractivity (Wildman–Crippen MR) is 76.4 cm³/mol. The summed E-state index contributed by atoms with van der Waals surface area (Å²) in [5.41, 5.74) is 0.948. The molecule has 5 nitrogen and oxygen atoms in total. The number of carboxylic acids is 1. The number of para-hydroxylation sites is 1. The predicted octanol–water partition coefficient (Wildman–Crippen LogP) is 1.58. The van der Waals surface area contributed by atoms with Gasteiger partial charge in [-0.3, -0.25) is 9.59 Å². The van der Waals surface area contributed by atoms with Crippen molar-refractivity contribution < 1.29 is 15.0 Å². The van der Waals surface area contributed by atoms with Gasteiger partial charge in [-0.25, -0.2) is 0 Å². The first-order chi connectivity index (χ1) is 9.47. The molecule has 1 heterocycles. The molecular weight excluding hydrogens is 282 g/mol. The van der Waals surface area contributed by atoms with Gasteiger partial charge < -0.3 is 14.8 Å². The zero-order chi connectivity index (χ0) is 14.9. The van der Waals surface area contributed by atoms with Crippen LogP contribution in [0.5, 0.6) is 0 Å². The third-order valence-corrected chi connectivity index (χ3v) is 3.57. The van der Waals surface area contributed by atoms with Gasteiger partial charge in [0.05, 0.1) is 23.6 Å². The molecule has 2 aromatic rings. The van der Waals surface area contributed by atoms with E-state index in [1.54, 1.807) is 29.7 Å². The van der Waals surface area contributed by atoms with Crippen LogP contribution in [0.25, 0.3) is 10.9 Å². The zero-order valence-corrected chi connectivity index (χ0v) is 11.6. The van der Waals surface area contributed by atoms with E-state index in [2.05, 4.69) is 0 Å². The van der Waals surface area contributed by atoms with Crippen molar-refractivity contribution in [2.24, 2.45) is 0 Å². The maximum atomic E-state index is 12.4. The molecule has 1 aromatic carbocycles. The largest absolute Gasteiger partial charge is 0.481 e. The molecule has 0 saturated heterocycles. The molecule has 0 saturated carbocycles. The van der Waals surface area contributed by atoms with Crippen LogP contribution in [-0.4, -0.2) is 27.4 Å². The minimum Gasteiger partial charge on any atom is -0.481 e. The van der Waals surface area contributed by atoms with Crippen LogP contribution in [0.4, 0.5) is 0 Å². The average Bonchev–Trinajstić information content (AvgIpc) is 2.39. The van der Waals surface area contributed by atoms with Gasteiger partial charge in [-0.1, -0.05) is 17.7 Å². The van der Waals surface area contributed by atoms with Gasteiger partial charge >= 0.3 is 5.97 Å². The van der Waals surface area contributed by atoms with Crippen LogP contribution >= 0.6 is 11.6 Å². The SMILES string of the molecule is Cc1c(CC(=O)O)c(=O)c2cccc(Cl)c2n1CCO. The highest BCUT2D eigenvalue weighted by Crippen LogP contribution is 2.24. The number of rotatable bonds is 4. The minimum absolute atomic E-state index is 0.128. The van der Waals surface area contributed by atoms with E-state index >= 15 is 0 Å². The lowest BCUT2D eigenvalue weighted by Crippen LogP contribution is -2.22. The number of aromatic nitrogens is 1. The van der Waals surface area contributed by atoms with Crippen molar-refractivity contribution in [1.82, 2.24) is 4.57 Å². The number of aliphatic carboxylic acids is 1. The molecule has 0 bridgehead atoms. The van der Waals surface area contributed by atoms with Crippen LogP contribution in [0, 0.1) is 6.92 Å². The summed E-state index contributed by atoms with van der Waals surface area (Å²) in [6.07, 6.45) is -0.349. The summed E-state index contributed by atoms with van der Waals surface area (Å²) in [6, 6.07) is 4.92. The molecule has 0 amide bonds. The first-order valence-corrected chi connectivity index (χ1v) is 6.48. The summed E-state index contributed by atoms with van der Waals surface area (Å²) in [6.45, 7) is 1.79. The lowest BCUT2D eigenvalue weighted by atomic mass is 10.0. The Hall–Kier alpha value is -1.85. The van der Waals surface area contributed by atoms with Crippen LogP contribution in [0.15, 0.2) is 23.0 Å². The normalized spacial score (nSPS) is 10.9. The number of nitrogens with zero attached hydrogens (tertiary/aromatic N) is 1. The van der Waals surface area contributed by atoms with E-state index < -0.39 is 5.97 Å². The average molecular weight is 296 g/mol. The van der Waals surface area contributed by atoms with E-state index in [9.17, 15) is 14.7 Å². The Morgan fingerprint density at radius 1 is 1.40 bits per heavy atom. The highest BCUT2D eigenvalue weighted by atomic mass is 35.5.